The van der Waals surface area contributed by atoms with Gasteiger partial charge in [0, 0.05) is 44.6 Å². The minimum atomic E-state index is -0.253. The van der Waals surface area contributed by atoms with Crippen LogP contribution in [-0.2, 0) is 0 Å². The molecule has 0 aromatic carbocycles. The quantitative estimate of drug-likeness (QED) is 0.817. The Hall–Kier alpha value is -1.20. The summed E-state index contributed by atoms with van der Waals surface area (Å²) < 4.78 is 0. The van der Waals surface area contributed by atoms with E-state index in [1.165, 1.54) is 0 Å². The van der Waals surface area contributed by atoms with E-state index in [0.717, 1.165) is 44.4 Å². The summed E-state index contributed by atoms with van der Waals surface area (Å²) >= 11 is 0. The Morgan fingerprint density at radius 2 is 2.06 bits per heavy atom. The van der Waals surface area contributed by atoms with Crippen molar-refractivity contribution in [1.29, 1.82) is 0 Å². The number of aryl methyl sites for hydroxylation is 1. The van der Waals surface area contributed by atoms with Crippen LogP contribution in [0.1, 0.15) is 12.6 Å². The van der Waals surface area contributed by atoms with Crippen LogP contribution in [0, 0.1) is 6.92 Å². The van der Waals surface area contributed by atoms with Gasteiger partial charge in [0.25, 0.3) is 0 Å². The summed E-state index contributed by atoms with van der Waals surface area (Å²) in [6.45, 7) is 8.34. The molecule has 5 heteroatoms. The average Bonchev–Trinajstić information content (AvgIpc) is 2.29. The third kappa shape index (κ3) is 3.38. The molecule has 94 valence electrons. The second kappa shape index (κ2) is 5.42. The fourth-order valence-electron chi connectivity index (χ4n) is 2.09. The summed E-state index contributed by atoms with van der Waals surface area (Å²) in [6, 6.07) is 1.91. The molecule has 0 saturated carbocycles. The van der Waals surface area contributed by atoms with E-state index < -0.39 is 0 Å². The second-order valence-electron chi connectivity index (χ2n) is 4.63. The van der Waals surface area contributed by atoms with E-state index in [1.54, 1.807) is 6.20 Å². The van der Waals surface area contributed by atoms with Gasteiger partial charge in [-0.15, -0.1) is 0 Å². The third-order valence-electron chi connectivity index (χ3n) is 2.96. The Morgan fingerprint density at radius 3 is 2.65 bits per heavy atom. The Bertz CT molecular complexity index is 361. The number of β-amino-alcohol motifs (C(OH)–C–C–N with tert-alkyl or cyclic N) is 1. The summed E-state index contributed by atoms with van der Waals surface area (Å²) in [5.41, 5.74) is 1.00. The molecule has 0 radical (unpaired) electrons. The molecular formula is C12H20N4O. The van der Waals surface area contributed by atoms with Crippen LogP contribution in [0.3, 0.4) is 0 Å². The summed E-state index contributed by atoms with van der Waals surface area (Å²) in [5.74, 6) is 0.821. The maximum atomic E-state index is 9.34. The molecule has 17 heavy (non-hydrogen) atoms. The van der Waals surface area contributed by atoms with Crippen LogP contribution in [0.5, 0.6) is 0 Å². The van der Waals surface area contributed by atoms with Crippen molar-refractivity contribution in [2.24, 2.45) is 0 Å². The van der Waals surface area contributed by atoms with Crippen molar-refractivity contribution in [1.82, 2.24) is 14.9 Å². The lowest BCUT2D eigenvalue weighted by molar-refractivity contribution is 0.122. The van der Waals surface area contributed by atoms with Crippen molar-refractivity contribution in [2.45, 2.75) is 20.0 Å². The van der Waals surface area contributed by atoms with Gasteiger partial charge in [-0.25, -0.2) is 9.97 Å². The van der Waals surface area contributed by atoms with Crippen molar-refractivity contribution in [3.05, 3.63) is 18.0 Å². The lowest BCUT2D eigenvalue weighted by atomic mass is 10.3. The molecule has 0 bridgehead atoms. The van der Waals surface area contributed by atoms with Gasteiger partial charge in [0.1, 0.15) is 0 Å². The van der Waals surface area contributed by atoms with Gasteiger partial charge >= 0.3 is 0 Å². The van der Waals surface area contributed by atoms with Gasteiger partial charge in [-0.05, 0) is 19.9 Å². The van der Waals surface area contributed by atoms with Gasteiger partial charge < -0.3 is 10.0 Å². The molecule has 1 N–H and O–H groups in total. The van der Waals surface area contributed by atoms with Crippen LogP contribution in [0.15, 0.2) is 12.3 Å². The molecule has 0 unspecified atom stereocenters. The lowest BCUT2D eigenvalue weighted by Gasteiger charge is -2.35. The van der Waals surface area contributed by atoms with Gasteiger partial charge in [0.15, 0.2) is 0 Å². The van der Waals surface area contributed by atoms with Crippen molar-refractivity contribution in [3.63, 3.8) is 0 Å². The highest BCUT2D eigenvalue weighted by molar-refractivity contribution is 5.30. The van der Waals surface area contributed by atoms with E-state index in [0.29, 0.717) is 0 Å². The molecule has 0 spiro atoms. The number of rotatable bonds is 3. The average molecular weight is 236 g/mol. The second-order valence-corrected chi connectivity index (χ2v) is 4.63. The van der Waals surface area contributed by atoms with Crippen LogP contribution in [-0.4, -0.2) is 58.8 Å². The number of hydrogen-bond acceptors (Lipinski definition) is 5. The molecule has 1 fully saturated rings. The summed E-state index contributed by atoms with van der Waals surface area (Å²) in [5, 5.41) is 9.34. The van der Waals surface area contributed by atoms with E-state index in [-0.39, 0.29) is 6.10 Å². The van der Waals surface area contributed by atoms with Gasteiger partial charge in [-0.1, -0.05) is 0 Å². The fourth-order valence-corrected chi connectivity index (χ4v) is 2.09. The van der Waals surface area contributed by atoms with Gasteiger partial charge in [-0.3, -0.25) is 4.90 Å². The molecule has 1 aliphatic rings. The number of piperazine rings is 1. The molecule has 0 aliphatic carbocycles. The van der Waals surface area contributed by atoms with Crippen molar-refractivity contribution in [3.8, 4) is 0 Å². The van der Waals surface area contributed by atoms with Crippen LogP contribution >= 0.6 is 0 Å². The Balaban J connectivity index is 1.91. The smallest absolute Gasteiger partial charge is 0.225 e. The maximum absolute atomic E-state index is 9.34. The SMILES string of the molecule is Cc1ccnc(N2CCN(C[C@@H](C)O)CC2)n1. The van der Waals surface area contributed by atoms with E-state index in [4.69, 9.17) is 0 Å². The van der Waals surface area contributed by atoms with E-state index >= 15 is 0 Å². The van der Waals surface area contributed by atoms with Gasteiger partial charge in [-0.2, -0.15) is 0 Å². The highest BCUT2D eigenvalue weighted by Gasteiger charge is 2.19. The first-order valence-electron chi connectivity index (χ1n) is 6.10. The Labute approximate surface area is 102 Å². The first kappa shape index (κ1) is 12.3. The lowest BCUT2D eigenvalue weighted by Crippen LogP contribution is -2.48. The summed E-state index contributed by atoms with van der Waals surface area (Å²) in [6.07, 6.45) is 1.55. The van der Waals surface area contributed by atoms with Crippen LogP contribution in [0.2, 0.25) is 0 Å². The number of aliphatic hydroxyl groups excluding tert-OH is 1. The first-order chi connectivity index (χ1) is 8.15. The van der Waals surface area contributed by atoms with Gasteiger partial charge in [0.05, 0.1) is 6.10 Å². The van der Waals surface area contributed by atoms with E-state index in [9.17, 15) is 5.11 Å². The summed E-state index contributed by atoms with van der Waals surface area (Å²) in [4.78, 5) is 13.2. The third-order valence-corrected chi connectivity index (χ3v) is 2.96. The van der Waals surface area contributed by atoms with Crippen molar-refractivity contribution >= 4 is 5.95 Å². The fraction of sp³-hybridized carbons (Fsp3) is 0.667. The molecular weight excluding hydrogens is 216 g/mol. The zero-order chi connectivity index (χ0) is 12.3. The molecule has 2 heterocycles. The predicted molar refractivity (Wildman–Crippen MR) is 67.1 cm³/mol. The molecule has 1 saturated heterocycles. The van der Waals surface area contributed by atoms with Crippen LogP contribution in [0.25, 0.3) is 0 Å². The van der Waals surface area contributed by atoms with Crippen molar-refractivity contribution < 1.29 is 5.11 Å². The maximum Gasteiger partial charge on any atom is 0.225 e. The monoisotopic (exact) mass is 236 g/mol. The molecule has 0 amide bonds. The Morgan fingerprint density at radius 1 is 1.35 bits per heavy atom. The number of nitrogens with zero attached hydrogens (tertiary/aromatic N) is 4. The number of hydrogen-bond donors (Lipinski definition) is 1. The topological polar surface area (TPSA) is 52.5 Å². The molecule has 2 rings (SSSR count). The van der Waals surface area contributed by atoms with E-state index in [2.05, 4.69) is 19.8 Å². The molecule has 1 aromatic rings. The molecule has 5 nitrogen and oxygen atoms in total. The zero-order valence-electron chi connectivity index (χ0n) is 10.5. The first-order valence-corrected chi connectivity index (χ1v) is 6.10. The van der Waals surface area contributed by atoms with Crippen LogP contribution < -0.4 is 4.90 Å². The largest absolute Gasteiger partial charge is 0.392 e. The summed E-state index contributed by atoms with van der Waals surface area (Å²) in [7, 11) is 0. The highest BCUT2D eigenvalue weighted by atomic mass is 16.3. The molecule has 1 aliphatic heterocycles. The normalized spacial score (nSPS) is 19.4. The Kier molecular flexibility index (Phi) is 3.91. The molecule has 1 atom stereocenters. The van der Waals surface area contributed by atoms with Crippen LogP contribution in [0.4, 0.5) is 5.95 Å². The zero-order valence-corrected chi connectivity index (χ0v) is 10.5. The van der Waals surface area contributed by atoms with Crippen molar-refractivity contribution in [2.75, 3.05) is 37.6 Å². The standard InChI is InChI=1S/C12H20N4O/c1-10-3-4-13-12(14-10)16-7-5-15(6-8-16)9-11(2)17/h3-4,11,17H,5-9H2,1-2H3/t11-/m1/s1. The number of aliphatic hydroxyl groups is 1. The number of aromatic nitrogens is 2. The highest BCUT2D eigenvalue weighted by Crippen LogP contribution is 2.11. The minimum absolute atomic E-state index is 0.253. The molecule has 1 aromatic heterocycles. The predicted octanol–water partition coefficient (Wildman–Crippen LogP) is 0.288. The van der Waals surface area contributed by atoms with Gasteiger partial charge in [0.2, 0.25) is 5.95 Å². The minimum Gasteiger partial charge on any atom is -0.392 e. The van der Waals surface area contributed by atoms with E-state index in [1.807, 2.05) is 19.9 Å². The number of anilines is 1.